The molecule has 250 valence electrons. The van der Waals surface area contributed by atoms with E-state index in [0.717, 1.165) is 0 Å². The van der Waals surface area contributed by atoms with Crippen LogP contribution in [0.15, 0.2) is 24.3 Å². The smallest absolute Gasteiger partial charge is 0.0125 e. The molecule has 2 rings (SSSR count). The molecule has 3 atom stereocenters. The summed E-state index contributed by atoms with van der Waals surface area (Å²) in [7, 11) is 2.81. The first-order valence-corrected chi connectivity index (χ1v) is 19.1. The molecule has 0 aliphatic carbocycles. The third-order valence-electron chi connectivity index (χ3n) is 8.96. The van der Waals surface area contributed by atoms with Gasteiger partial charge in [0.25, 0.3) is 0 Å². The largest absolute Gasteiger partial charge is 0.180 e. The first-order valence-electron chi connectivity index (χ1n) is 17.0. The minimum atomic E-state index is -0.606. The van der Waals surface area contributed by atoms with Crippen molar-refractivity contribution in [1.82, 2.24) is 0 Å². The zero-order valence-corrected chi connectivity index (χ0v) is 35.0. The van der Waals surface area contributed by atoms with Crippen LogP contribution in [0.25, 0.3) is 0 Å². The van der Waals surface area contributed by atoms with Crippen LogP contribution in [0.2, 0.25) is 0 Å². The Morgan fingerprint density at radius 1 is 0.455 bits per heavy atom. The average Bonchev–Trinajstić information content (AvgIpc) is 2.76. The number of hydrogen-bond acceptors (Lipinski definition) is 0. The first-order chi connectivity index (χ1) is 19.2. The van der Waals surface area contributed by atoms with Gasteiger partial charge in [0.05, 0.1) is 0 Å². The Balaban J connectivity index is 3.08. The molecule has 2 heteroatoms. The summed E-state index contributed by atoms with van der Waals surface area (Å²) in [4.78, 5) is 0. The van der Waals surface area contributed by atoms with Crippen molar-refractivity contribution in [3.8, 4) is 0 Å². The number of rotatable bonds is 4. The Kier molecular flexibility index (Phi) is 11.0. The third-order valence-corrected chi connectivity index (χ3v) is 13.2. The molecule has 0 aliphatic rings. The topological polar surface area (TPSA) is 0 Å². The van der Waals surface area contributed by atoms with Gasteiger partial charge in [0, 0.05) is 5.40 Å². The van der Waals surface area contributed by atoms with Crippen LogP contribution < -0.4 is 0 Å². The summed E-state index contributed by atoms with van der Waals surface area (Å²) < 4.78 is 0. The number of benzene rings is 2. The highest BCUT2D eigenvalue weighted by molar-refractivity contribution is 7.68. The minimum absolute atomic E-state index is 0.0316. The van der Waals surface area contributed by atoms with Crippen LogP contribution in [0.4, 0.5) is 0 Å². The molecule has 0 bridgehead atoms. The van der Waals surface area contributed by atoms with Crippen molar-refractivity contribution in [1.29, 1.82) is 0 Å². The van der Waals surface area contributed by atoms with Crippen molar-refractivity contribution < 1.29 is 0 Å². The molecule has 2 aromatic rings. The lowest BCUT2D eigenvalue weighted by Gasteiger charge is -2.47. The van der Waals surface area contributed by atoms with Gasteiger partial charge in [-0.05, 0) is 49.1 Å². The monoisotopic (exact) mass is 638 g/mol. The van der Waals surface area contributed by atoms with E-state index in [0.29, 0.717) is 5.40 Å². The molecular formula is C42H71P2-. The molecule has 0 heterocycles. The van der Waals surface area contributed by atoms with Crippen molar-refractivity contribution >= 4 is 17.2 Å². The normalized spacial score (nSPS) is 15.8. The van der Waals surface area contributed by atoms with Gasteiger partial charge in [0.1, 0.15) is 0 Å². The molecule has 0 saturated heterocycles. The van der Waals surface area contributed by atoms with Crippen LogP contribution >= 0.6 is 17.2 Å². The SMILES string of the molecule is CC(C)(C)c1cc(C(C)(C)C)c([CH-]P(C(P)c2c(C(C)(C)C)cc(C(C)(C)C)cc2C(C)(C)C)C(C)(C)C)c(C(C)(C)C)c1. The molecule has 0 aliphatic heterocycles. The lowest BCUT2D eigenvalue weighted by molar-refractivity contribution is 0.541. The molecule has 0 N–H and O–H groups in total. The number of hydrogen-bond donors (Lipinski definition) is 0. The fourth-order valence-electron chi connectivity index (χ4n) is 6.08. The van der Waals surface area contributed by atoms with Gasteiger partial charge in [-0.1, -0.05) is 174 Å². The second-order valence-electron chi connectivity index (χ2n) is 20.6. The van der Waals surface area contributed by atoms with Crippen LogP contribution in [-0.4, -0.2) is 5.16 Å². The average molecular weight is 638 g/mol. The van der Waals surface area contributed by atoms with E-state index in [1.807, 2.05) is 0 Å². The molecule has 0 saturated carbocycles. The molecule has 3 unspecified atom stereocenters. The van der Waals surface area contributed by atoms with Gasteiger partial charge in [0.2, 0.25) is 0 Å². The highest BCUT2D eigenvalue weighted by Gasteiger charge is 2.37. The van der Waals surface area contributed by atoms with E-state index in [2.05, 4.69) is 185 Å². The molecule has 0 fully saturated rings. The molecule has 0 spiro atoms. The van der Waals surface area contributed by atoms with Crippen LogP contribution in [0.3, 0.4) is 0 Å². The zero-order chi connectivity index (χ0) is 34.8. The molecule has 0 nitrogen and oxygen atoms in total. The van der Waals surface area contributed by atoms with Crippen LogP contribution in [0.5, 0.6) is 0 Å². The van der Waals surface area contributed by atoms with E-state index in [1.54, 1.807) is 5.56 Å². The van der Waals surface area contributed by atoms with Crippen molar-refractivity contribution in [2.24, 2.45) is 0 Å². The Morgan fingerprint density at radius 2 is 0.727 bits per heavy atom. The highest BCUT2D eigenvalue weighted by Crippen LogP contribution is 2.69. The van der Waals surface area contributed by atoms with Gasteiger partial charge in [-0.3, -0.25) is 0 Å². The van der Waals surface area contributed by atoms with E-state index >= 15 is 0 Å². The summed E-state index contributed by atoms with van der Waals surface area (Å²) in [6, 6.07) is 10.2. The Labute approximate surface area is 279 Å². The molecule has 0 aromatic heterocycles. The zero-order valence-electron chi connectivity index (χ0n) is 33.0. The summed E-state index contributed by atoms with van der Waals surface area (Å²) in [5.74, 6) is 0. The van der Waals surface area contributed by atoms with E-state index < -0.39 is 7.92 Å². The van der Waals surface area contributed by atoms with Gasteiger partial charge in [-0.15, -0.1) is 40.4 Å². The van der Waals surface area contributed by atoms with Crippen LogP contribution in [-0.2, 0) is 32.5 Å². The molecule has 44 heavy (non-hydrogen) atoms. The predicted octanol–water partition coefficient (Wildman–Crippen LogP) is 13.8. The highest BCUT2D eigenvalue weighted by atomic mass is 31.2. The van der Waals surface area contributed by atoms with Crippen LogP contribution in [0, 0.1) is 6.16 Å². The minimum Gasteiger partial charge on any atom is -0.180 e. The summed E-state index contributed by atoms with van der Waals surface area (Å²) >= 11 is 0. The summed E-state index contributed by atoms with van der Waals surface area (Å²) in [6.45, 7) is 50.4. The van der Waals surface area contributed by atoms with E-state index in [-0.39, 0.29) is 37.6 Å². The van der Waals surface area contributed by atoms with Crippen LogP contribution in [0.1, 0.15) is 195 Å². The quantitative estimate of drug-likeness (QED) is 0.231. The summed E-state index contributed by atoms with van der Waals surface area (Å²) in [6.07, 6.45) is 2.76. The van der Waals surface area contributed by atoms with E-state index in [9.17, 15) is 0 Å². The van der Waals surface area contributed by atoms with Gasteiger partial charge < -0.3 is 0 Å². The molecular weight excluding hydrogens is 566 g/mol. The van der Waals surface area contributed by atoms with E-state index in [1.165, 1.54) is 38.9 Å². The molecule has 0 radical (unpaired) electrons. The lowest BCUT2D eigenvalue weighted by atomic mass is 9.72. The Hall–Kier alpha value is -0.830. The summed E-state index contributed by atoms with van der Waals surface area (Å²) in [5, 5.41) is 0.437. The maximum absolute atomic E-state index is 3.42. The predicted molar refractivity (Wildman–Crippen MR) is 208 cm³/mol. The lowest BCUT2D eigenvalue weighted by Crippen LogP contribution is -2.27. The fraction of sp³-hybridized carbons (Fsp3) is 0.690. The van der Waals surface area contributed by atoms with Crippen molar-refractivity contribution in [2.45, 2.75) is 188 Å². The van der Waals surface area contributed by atoms with Crippen molar-refractivity contribution in [3.63, 3.8) is 0 Å². The molecule has 2 aromatic carbocycles. The van der Waals surface area contributed by atoms with Gasteiger partial charge in [0.15, 0.2) is 0 Å². The Bertz CT molecular complexity index is 1240. The maximum Gasteiger partial charge on any atom is 0.0125 e. The van der Waals surface area contributed by atoms with Crippen molar-refractivity contribution in [2.75, 3.05) is 0 Å². The second kappa shape index (κ2) is 12.3. The van der Waals surface area contributed by atoms with Gasteiger partial charge in [-0.25, -0.2) is 0 Å². The summed E-state index contributed by atoms with van der Waals surface area (Å²) in [5.41, 5.74) is 12.2. The maximum atomic E-state index is 3.42. The standard InChI is InChI=1S/C42H71P2/c1-36(2,3)27-22-30(38(7,8)9)29(31(23-27)39(10,11)12)26-44(42(19,20)21)35(43)34-32(40(13,14)15)24-28(37(4,5)6)25-33(34)41(16,17)18/h22-26,35H,43H2,1-21H3/q-1. The van der Waals surface area contributed by atoms with Gasteiger partial charge >= 0.3 is 0 Å². The fourth-order valence-corrected chi connectivity index (χ4v) is 10.5. The Morgan fingerprint density at radius 3 is 0.955 bits per heavy atom. The van der Waals surface area contributed by atoms with Crippen molar-refractivity contribution in [3.05, 3.63) is 74.9 Å². The van der Waals surface area contributed by atoms with E-state index in [4.69, 9.17) is 0 Å². The molecule has 0 amide bonds. The first kappa shape index (κ1) is 39.3. The third kappa shape index (κ3) is 9.16. The second-order valence-corrected chi connectivity index (χ2v) is 24.8. The van der Waals surface area contributed by atoms with Gasteiger partial charge in [-0.2, -0.15) is 11.7 Å².